The summed E-state index contributed by atoms with van der Waals surface area (Å²) < 4.78 is 12.8. The molecule has 1 heterocycles. The number of hydrogen-bond acceptors (Lipinski definition) is 4. The van der Waals surface area contributed by atoms with E-state index in [2.05, 4.69) is 9.97 Å². The number of anilines is 1. The van der Waals surface area contributed by atoms with Crippen molar-refractivity contribution in [1.29, 1.82) is 0 Å². The van der Waals surface area contributed by atoms with Gasteiger partial charge in [0.2, 0.25) is 5.95 Å². The minimum absolute atomic E-state index is 0.00638. The van der Waals surface area contributed by atoms with Gasteiger partial charge in [-0.3, -0.25) is 0 Å². The molecule has 2 aromatic rings. The number of rotatable bonds is 5. The molecule has 0 aliphatic carbocycles. The largest absolute Gasteiger partial charge is 0.395 e. The van der Waals surface area contributed by atoms with E-state index in [9.17, 15) is 4.39 Å². The van der Waals surface area contributed by atoms with Gasteiger partial charge in [-0.05, 0) is 5.56 Å². The molecule has 1 aromatic heterocycles. The number of nitrogens with zero attached hydrogens (tertiary/aromatic N) is 3. The zero-order valence-electron chi connectivity index (χ0n) is 9.83. The summed E-state index contributed by atoms with van der Waals surface area (Å²) in [5, 5.41) is 9.06. The molecule has 0 bridgehead atoms. The lowest BCUT2D eigenvalue weighted by Crippen LogP contribution is -2.27. The first-order valence-corrected chi connectivity index (χ1v) is 5.67. The number of hydrogen-bond donors (Lipinski definition) is 1. The van der Waals surface area contributed by atoms with Gasteiger partial charge in [0.25, 0.3) is 0 Å². The van der Waals surface area contributed by atoms with Crippen molar-refractivity contribution in [3.05, 3.63) is 54.1 Å². The number of benzene rings is 1. The minimum atomic E-state index is -0.470. The highest BCUT2D eigenvalue weighted by atomic mass is 19.1. The predicted octanol–water partition coefficient (Wildman–Crippen LogP) is 1.61. The summed E-state index contributed by atoms with van der Waals surface area (Å²) in [6.45, 7) is 0.973. The van der Waals surface area contributed by atoms with Crippen molar-refractivity contribution in [2.45, 2.75) is 6.54 Å². The SMILES string of the molecule is OCCN(Cc1ccccc1)c1ncc(F)cn1. The molecule has 2 rings (SSSR count). The molecule has 1 N–H and O–H groups in total. The first-order chi connectivity index (χ1) is 8.79. The molecule has 0 saturated heterocycles. The number of aliphatic hydroxyl groups excluding tert-OH is 1. The van der Waals surface area contributed by atoms with Gasteiger partial charge in [-0.2, -0.15) is 0 Å². The van der Waals surface area contributed by atoms with E-state index in [0.717, 1.165) is 18.0 Å². The van der Waals surface area contributed by atoms with Gasteiger partial charge in [0.15, 0.2) is 5.82 Å². The van der Waals surface area contributed by atoms with Gasteiger partial charge in [-0.1, -0.05) is 30.3 Å². The second kappa shape index (κ2) is 6.07. The molecule has 0 radical (unpaired) electrons. The Labute approximate surface area is 105 Å². The van der Waals surface area contributed by atoms with Crippen LogP contribution in [0.4, 0.5) is 10.3 Å². The molecule has 1 aromatic carbocycles. The normalized spacial score (nSPS) is 10.3. The molecule has 0 aliphatic heterocycles. The molecule has 0 saturated carbocycles. The van der Waals surface area contributed by atoms with Crippen LogP contribution in [-0.2, 0) is 6.54 Å². The molecular weight excluding hydrogens is 233 g/mol. The van der Waals surface area contributed by atoms with Crippen LogP contribution >= 0.6 is 0 Å². The minimum Gasteiger partial charge on any atom is -0.395 e. The third kappa shape index (κ3) is 3.24. The molecule has 0 atom stereocenters. The first-order valence-electron chi connectivity index (χ1n) is 5.67. The van der Waals surface area contributed by atoms with Crippen LogP contribution in [0.1, 0.15) is 5.56 Å². The van der Waals surface area contributed by atoms with Crippen LogP contribution < -0.4 is 4.90 Å². The van der Waals surface area contributed by atoms with Crippen molar-refractivity contribution in [2.75, 3.05) is 18.1 Å². The average Bonchev–Trinajstić information content (AvgIpc) is 2.40. The zero-order chi connectivity index (χ0) is 12.8. The van der Waals surface area contributed by atoms with Crippen molar-refractivity contribution < 1.29 is 9.50 Å². The molecule has 0 unspecified atom stereocenters. The van der Waals surface area contributed by atoms with Gasteiger partial charge < -0.3 is 10.0 Å². The van der Waals surface area contributed by atoms with Gasteiger partial charge in [0.05, 0.1) is 19.0 Å². The van der Waals surface area contributed by atoms with Crippen molar-refractivity contribution in [3.63, 3.8) is 0 Å². The van der Waals surface area contributed by atoms with Crippen LogP contribution in [0, 0.1) is 5.82 Å². The van der Waals surface area contributed by atoms with Crippen LogP contribution in [0.2, 0.25) is 0 Å². The third-order valence-electron chi connectivity index (χ3n) is 2.48. The molecule has 5 heteroatoms. The number of aliphatic hydroxyl groups is 1. The van der Waals surface area contributed by atoms with Crippen LogP contribution in [0.25, 0.3) is 0 Å². The lowest BCUT2D eigenvalue weighted by Gasteiger charge is -2.21. The van der Waals surface area contributed by atoms with Crippen molar-refractivity contribution in [2.24, 2.45) is 0 Å². The lowest BCUT2D eigenvalue weighted by molar-refractivity contribution is 0.300. The first kappa shape index (κ1) is 12.4. The van der Waals surface area contributed by atoms with E-state index >= 15 is 0 Å². The number of aromatic nitrogens is 2. The molecular formula is C13H14FN3O. The van der Waals surface area contributed by atoms with Crippen LogP contribution in [0.3, 0.4) is 0 Å². The Morgan fingerprint density at radius 3 is 2.39 bits per heavy atom. The van der Waals surface area contributed by atoms with E-state index in [1.54, 1.807) is 4.90 Å². The lowest BCUT2D eigenvalue weighted by atomic mass is 10.2. The van der Waals surface area contributed by atoms with Gasteiger partial charge in [-0.15, -0.1) is 0 Å². The summed E-state index contributed by atoms with van der Waals surface area (Å²) in [5.41, 5.74) is 1.08. The smallest absolute Gasteiger partial charge is 0.225 e. The molecule has 94 valence electrons. The summed E-state index contributed by atoms with van der Waals surface area (Å²) in [4.78, 5) is 9.64. The number of halogens is 1. The van der Waals surface area contributed by atoms with Crippen LogP contribution in [-0.4, -0.2) is 28.2 Å². The highest BCUT2D eigenvalue weighted by molar-refractivity contribution is 5.31. The maximum absolute atomic E-state index is 12.8. The van der Waals surface area contributed by atoms with Gasteiger partial charge >= 0.3 is 0 Å². The van der Waals surface area contributed by atoms with Gasteiger partial charge in [-0.25, -0.2) is 14.4 Å². The predicted molar refractivity (Wildman–Crippen MR) is 66.6 cm³/mol. The van der Waals surface area contributed by atoms with Crippen molar-refractivity contribution in [3.8, 4) is 0 Å². The molecule has 0 aliphatic rings. The molecule has 18 heavy (non-hydrogen) atoms. The zero-order valence-corrected chi connectivity index (χ0v) is 9.83. The van der Waals surface area contributed by atoms with Crippen molar-refractivity contribution in [1.82, 2.24) is 9.97 Å². The highest BCUT2D eigenvalue weighted by Crippen LogP contribution is 2.11. The quantitative estimate of drug-likeness (QED) is 0.872. The molecule has 0 spiro atoms. The average molecular weight is 247 g/mol. The Morgan fingerprint density at radius 1 is 1.11 bits per heavy atom. The Balaban J connectivity index is 2.15. The third-order valence-corrected chi connectivity index (χ3v) is 2.48. The molecule has 0 fully saturated rings. The van der Waals surface area contributed by atoms with E-state index in [1.807, 2.05) is 30.3 Å². The second-order valence-electron chi connectivity index (χ2n) is 3.83. The summed E-state index contributed by atoms with van der Waals surface area (Å²) in [6, 6.07) is 9.78. The second-order valence-corrected chi connectivity index (χ2v) is 3.83. The van der Waals surface area contributed by atoms with E-state index in [4.69, 9.17) is 5.11 Å². The highest BCUT2D eigenvalue weighted by Gasteiger charge is 2.09. The van der Waals surface area contributed by atoms with E-state index in [1.165, 1.54) is 0 Å². The molecule has 4 nitrogen and oxygen atoms in total. The summed E-state index contributed by atoms with van der Waals surface area (Å²) in [7, 11) is 0. The Hall–Kier alpha value is -2.01. The Bertz CT molecular complexity index is 475. The summed E-state index contributed by atoms with van der Waals surface area (Å²) in [5.74, 6) is -0.0586. The van der Waals surface area contributed by atoms with Gasteiger partial charge in [0.1, 0.15) is 0 Å². The Kier molecular flexibility index (Phi) is 4.20. The standard InChI is InChI=1S/C13H14FN3O/c14-12-8-15-13(16-9-12)17(6-7-18)10-11-4-2-1-3-5-11/h1-5,8-9,18H,6-7,10H2. The fourth-order valence-electron chi connectivity index (χ4n) is 1.64. The fourth-order valence-corrected chi connectivity index (χ4v) is 1.64. The van der Waals surface area contributed by atoms with E-state index < -0.39 is 5.82 Å². The maximum Gasteiger partial charge on any atom is 0.225 e. The monoisotopic (exact) mass is 247 g/mol. The van der Waals surface area contributed by atoms with E-state index in [0.29, 0.717) is 19.0 Å². The molecule has 0 amide bonds. The topological polar surface area (TPSA) is 49.2 Å². The summed E-state index contributed by atoms with van der Waals surface area (Å²) >= 11 is 0. The van der Waals surface area contributed by atoms with E-state index in [-0.39, 0.29) is 6.61 Å². The summed E-state index contributed by atoms with van der Waals surface area (Å²) in [6.07, 6.45) is 2.25. The Morgan fingerprint density at radius 2 is 1.78 bits per heavy atom. The van der Waals surface area contributed by atoms with Crippen molar-refractivity contribution >= 4 is 5.95 Å². The van der Waals surface area contributed by atoms with Crippen LogP contribution in [0.5, 0.6) is 0 Å². The fraction of sp³-hybridized carbons (Fsp3) is 0.231. The van der Waals surface area contributed by atoms with Crippen LogP contribution in [0.15, 0.2) is 42.7 Å². The maximum atomic E-state index is 12.8. The van der Waals surface area contributed by atoms with Gasteiger partial charge in [0, 0.05) is 13.1 Å².